The average Bonchev–Trinajstić information content (AvgIpc) is 2.83. The Hall–Kier alpha value is -1.55. The molecule has 0 bridgehead atoms. The van der Waals surface area contributed by atoms with Gasteiger partial charge in [0, 0.05) is 23.5 Å². The van der Waals surface area contributed by atoms with Crippen molar-refractivity contribution >= 4 is 16.3 Å². The lowest BCUT2D eigenvalue weighted by Crippen LogP contribution is -1.78. The van der Waals surface area contributed by atoms with E-state index in [1.807, 2.05) is 18.3 Å². The van der Waals surface area contributed by atoms with E-state index in [0.717, 1.165) is 16.3 Å². The van der Waals surface area contributed by atoms with Gasteiger partial charge in [0.2, 0.25) is 0 Å². The first kappa shape index (κ1) is 7.82. The van der Waals surface area contributed by atoms with Gasteiger partial charge in [0.15, 0.2) is 4.96 Å². The molecule has 70 valence electrons. The zero-order chi connectivity index (χ0) is 9.54. The maximum Gasteiger partial charge on any atom is 0.194 e. The zero-order valence-corrected chi connectivity index (χ0v) is 8.51. The molecule has 1 N–H and O–H groups in total. The van der Waals surface area contributed by atoms with Crippen molar-refractivity contribution in [2.24, 2.45) is 0 Å². The second-order valence-electron chi connectivity index (χ2n) is 3.24. The van der Waals surface area contributed by atoms with Crippen molar-refractivity contribution in [2.75, 3.05) is 0 Å². The summed E-state index contributed by atoms with van der Waals surface area (Å²) in [5, 5.41) is 2.11. The molecular formula is C10H9N3S. The van der Waals surface area contributed by atoms with Crippen LogP contribution in [0.3, 0.4) is 0 Å². The number of aryl methyl sites for hydroxylation is 1. The van der Waals surface area contributed by atoms with Crippen molar-refractivity contribution in [3.05, 3.63) is 35.6 Å². The van der Waals surface area contributed by atoms with Gasteiger partial charge in [0.25, 0.3) is 0 Å². The Kier molecular flexibility index (Phi) is 1.52. The lowest BCUT2D eigenvalue weighted by Gasteiger charge is -1.88. The summed E-state index contributed by atoms with van der Waals surface area (Å²) in [5.74, 6) is 0. The minimum Gasteiger partial charge on any atom is -0.360 e. The molecule has 0 aliphatic heterocycles. The van der Waals surface area contributed by atoms with Crippen LogP contribution in [-0.4, -0.2) is 14.4 Å². The van der Waals surface area contributed by atoms with E-state index in [-0.39, 0.29) is 0 Å². The van der Waals surface area contributed by atoms with E-state index in [1.54, 1.807) is 11.3 Å². The number of imidazole rings is 1. The number of hydrogen-bond acceptors (Lipinski definition) is 2. The first-order valence-corrected chi connectivity index (χ1v) is 5.29. The molecule has 0 aliphatic rings. The maximum absolute atomic E-state index is 4.53. The highest BCUT2D eigenvalue weighted by Gasteiger charge is 2.06. The standard InChI is InChI=1S/C10H9N3S/c1-7-6-14-10-12-9(5-13(7)10)8-3-2-4-11-8/h2-6,11H,1H3. The second-order valence-corrected chi connectivity index (χ2v) is 4.08. The fourth-order valence-corrected chi connectivity index (χ4v) is 2.36. The third-order valence-corrected chi connectivity index (χ3v) is 3.22. The van der Waals surface area contributed by atoms with Crippen LogP contribution in [-0.2, 0) is 0 Å². The lowest BCUT2D eigenvalue weighted by atomic mass is 10.3. The summed E-state index contributed by atoms with van der Waals surface area (Å²) in [4.78, 5) is 8.73. The van der Waals surface area contributed by atoms with Gasteiger partial charge in [-0.2, -0.15) is 0 Å². The molecular weight excluding hydrogens is 194 g/mol. The molecule has 4 heteroatoms. The highest BCUT2D eigenvalue weighted by atomic mass is 32.1. The molecule has 0 fully saturated rings. The molecule has 3 heterocycles. The number of aromatic amines is 1. The second kappa shape index (κ2) is 2.72. The Morgan fingerprint density at radius 1 is 1.50 bits per heavy atom. The third-order valence-electron chi connectivity index (χ3n) is 2.26. The van der Waals surface area contributed by atoms with Gasteiger partial charge in [-0.15, -0.1) is 11.3 Å². The average molecular weight is 203 g/mol. The maximum atomic E-state index is 4.53. The number of thiazole rings is 1. The molecule has 0 unspecified atom stereocenters. The van der Waals surface area contributed by atoms with E-state index in [9.17, 15) is 0 Å². The Labute approximate surface area is 85.0 Å². The predicted octanol–water partition coefficient (Wildman–Crippen LogP) is 2.70. The van der Waals surface area contributed by atoms with Crippen LogP contribution in [0.5, 0.6) is 0 Å². The highest BCUT2D eigenvalue weighted by molar-refractivity contribution is 7.15. The molecule has 0 radical (unpaired) electrons. The van der Waals surface area contributed by atoms with Crippen LogP contribution in [0.15, 0.2) is 29.9 Å². The number of nitrogens with zero attached hydrogens (tertiary/aromatic N) is 2. The van der Waals surface area contributed by atoms with Crippen molar-refractivity contribution in [2.45, 2.75) is 6.92 Å². The van der Waals surface area contributed by atoms with Gasteiger partial charge in [0.1, 0.15) is 5.69 Å². The van der Waals surface area contributed by atoms with Crippen LogP contribution in [0.2, 0.25) is 0 Å². The molecule has 0 aliphatic carbocycles. The van der Waals surface area contributed by atoms with Gasteiger partial charge in [-0.05, 0) is 19.1 Å². The van der Waals surface area contributed by atoms with Crippen LogP contribution in [0.1, 0.15) is 5.69 Å². The van der Waals surface area contributed by atoms with E-state index in [0.29, 0.717) is 0 Å². The quantitative estimate of drug-likeness (QED) is 0.648. The van der Waals surface area contributed by atoms with Crippen LogP contribution in [0, 0.1) is 6.92 Å². The van der Waals surface area contributed by atoms with E-state index in [1.165, 1.54) is 5.69 Å². The largest absolute Gasteiger partial charge is 0.360 e. The minimum atomic E-state index is 1.00. The first-order valence-electron chi connectivity index (χ1n) is 4.41. The number of hydrogen-bond donors (Lipinski definition) is 1. The Balaban J connectivity index is 2.24. The Bertz CT molecular complexity index is 559. The molecule has 0 atom stereocenters. The number of H-pyrrole nitrogens is 1. The molecule has 0 aromatic carbocycles. The summed E-state index contributed by atoms with van der Waals surface area (Å²) in [5.41, 5.74) is 3.31. The van der Waals surface area contributed by atoms with Crippen molar-refractivity contribution < 1.29 is 0 Å². The summed E-state index contributed by atoms with van der Waals surface area (Å²) in [6, 6.07) is 4.01. The van der Waals surface area contributed by atoms with E-state index in [4.69, 9.17) is 0 Å². The van der Waals surface area contributed by atoms with Gasteiger partial charge >= 0.3 is 0 Å². The topological polar surface area (TPSA) is 33.1 Å². The van der Waals surface area contributed by atoms with Crippen molar-refractivity contribution in [3.63, 3.8) is 0 Å². The minimum absolute atomic E-state index is 1.00. The van der Waals surface area contributed by atoms with Crippen LogP contribution in [0.4, 0.5) is 0 Å². The third kappa shape index (κ3) is 1.01. The highest BCUT2D eigenvalue weighted by Crippen LogP contribution is 2.21. The van der Waals surface area contributed by atoms with Gasteiger partial charge in [-0.25, -0.2) is 4.98 Å². The summed E-state index contributed by atoms with van der Waals surface area (Å²) < 4.78 is 2.11. The van der Waals surface area contributed by atoms with Crippen LogP contribution in [0.25, 0.3) is 16.3 Å². The van der Waals surface area contributed by atoms with Crippen molar-refractivity contribution in [1.29, 1.82) is 0 Å². The van der Waals surface area contributed by atoms with Gasteiger partial charge in [-0.1, -0.05) is 0 Å². The summed E-state index contributed by atoms with van der Waals surface area (Å²) in [7, 11) is 0. The van der Waals surface area contributed by atoms with Crippen molar-refractivity contribution in [3.8, 4) is 11.4 Å². The molecule has 3 aromatic rings. The van der Waals surface area contributed by atoms with Gasteiger partial charge in [-0.3, -0.25) is 4.40 Å². The fourth-order valence-electron chi connectivity index (χ4n) is 1.51. The number of rotatable bonds is 1. The molecule has 3 rings (SSSR count). The monoisotopic (exact) mass is 203 g/mol. The van der Waals surface area contributed by atoms with E-state index < -0.39 is 0 Å². The molecule has 14 heavy (non-hydrogen) atoms. The van der Waals surface area contributed by atoms with Gasteiger partial charge < -0.3 is 4.98 Å². The first-order chi connectivity index (χ1) is 6.84. The number of nitrogens with one attached hydrogen (secondary N) is 1. The molecule has 3 aromatic heterocycles. The van der Waals surface area contributed by atoms with Crippen LogP contribution < -0.4 is 0 Å². The number of fused-ring (bicyclic) bond motifs is 1. The van der Waals surface area contributed by atoms with Crippen LogP contribution >= 0.6 is 11.3 Å². The Morgan fingerprint density at radius 3 is 3.14 bits per heavy atom. The van der Waals surface area contributed by atoms with Crippen molar-refractivity contribution in [1.82, 2.24) is 14.4 Å². The number of aromatic nitrogens is 3. The SMILES string of the molecule is Cc1csc2nc(-c3ccc[nH]3)cn12. The lowest BCUT2D eigenvalue weighted by molar-refractivity contribution is 1.13. The molecule has 3 nitrogen and oxygen atoms in total. The zero-order valence-electron chi connectivity index (χ0n) is 7.69. The molecule has 0 spiro atoms. The molecule has 0 saturated heterocycles. The normalized spacial score (nSPS) is 11.2. The smallest absolute Gasteiger partial charge is 0.194 e. The summed E-state index contributed by atoms with van der Waals surface area (Å²) in [6.45, 7) is 2.09. The van der Waals surface area contributed by atoms with E-state index in [2.05, 4.69) is 32.9 Å². The van der Waals surface area contributed by atoms with E-state index >= 15 is 0 Å². The summed E-state index contributed by atoms with van der Waals surface area (Å²) in [6.07, 6.45) is 3.97. The molecule has 0 amide bonds. The fraction of sp³-hybridized carbons (Fsp3) is 0.100. The Morgan fingerprint density at radius 2 is 2.43 bits per heavy atom. The molecule has 0 saturated carbocycles. The summed E-state index contributed by atoms with van der Waals surface area (Å²) >= 11 is 1.67. The van der Waals surface area contributed by atoms with Gasteiger partial charge in [0.05, 0.1) is 5.69 Å². The predicted molar refractivity (Wildman–Crippen MR) is 57.6 cm³/mol.